The lowest BCUT2D eigenvalue weighted by molar-refractivity contribution is 0.663. The van der Waals surface area contributed by atoms with E-state index >= 15 is 0 Å². The summed E-state index contributed by atoms with van der Waals surface area (Å²) in [5.41, 5.74) is 15.1. The summed E-state index contributed by atoms with van der Waals surface area (Å²) < 4.78 is 13.3. The summed E-state index contributed by atoms with van der Waals surface area (Å²) in [4.78, 5) is 4.68. The van der Waals surface area contributed by atoms with Crippen LogP contribution in [-0.4, -0.2) is 0 Å². The van der Waals surface area contributed by atoms with Crippen LogP contribution in [0.15, 0.2) is 179 Å². The quantitative estimate of drug-likeness (QED) is 0.170. The Labute approximate surface area is 336 Å². The monoisotopic (exact) mass is 748 g/mol. The summed E-state index contributed by atoms with van der Waals surface area (Å²) >= 11 is 0. The normalized spacial score (nSPS) is 11.8. The molecule has 0 saturated carbocycles. The molecule has 0 spiro atoms. The highest BCUT2D eigenvalue weighted by atomic mass is 16.3. The van der Waals surface area contributed by atoms with Gasteiger partial charge in [0.25, 0.3) is 0 Å². The number of aryl methyl sites for hydroxylation is 4. The number of nitrogens with zero attached hydrogens (tertiary/aromatic N) is 2. The van der Waals surface area contributed by atoms with E-state index in [0.29, 0.717) is 0 Å². The van der Waals surface area contributed by atoms with Gasteiger partial charge < -0.3 is 18.6 Å². The van der Waals surface area contributed by atoms with Gasteiger partial charge in [-0.3, -0.25) is 0 Å². The van der Waals surface area contributed by atoms with Gasteiger partial charge in [-0.25, -0.2) is 0 Å². The molecule has 11 rings (SSSR count). The largest absolute Gasteiger partial charge is 0.456 e. The van der Waals surface area contributed by atoms with Crippen molar-refractivity contribution in [2.24, 2.45) is 0 Å². The fourth-order valence-corrected chi connectivity index (χ4v) is 8.74. The molecule has 0 N–H and O–H groups in total. The van der Waals surface area contributed by atoms with Gasteiger partial charge in [-0.05, 0) is 157 Å². The molecular formula is C54H40N2O2. The maximum Gasteiger partial charge on any atom is 0.136 e. The second-order valence-electron chi connectivity index (χ2n) is 15.7. The summed E-state index contributed by atoms with van der Waals surface area (Å²) in [6, 6.07) is 61.1. The zero-order valence-electron chi connectivity index (χ0n) is 32.9. The molecule has 2 aromatic heterocycles. The molecule has 0 fully saturated rings. The van der Waals surface area contributed by atoms with Gasteiger partial charge in [0.1, 0.15) is 22.3 Å². The lowest BCUT2D eigenvalue weighted by atomic mass is 10.00. The third-order valence-corrected chi connectivity index (χ3v) is 11.8. The molecule has 0 aliphatic carbocycles. The van der Waals surface area contributed by atoms with E-state index in [2.05, 4.69) is 195 Å². The molecule has 0 aliphatic heterocycles. The Bertz CT molecular complexity index is 3160. The lowest BCUT2D eigenvalue weighted by Crippen LogP contribution is -2.11. The van der Waals surface area contributed by atoms with E-state index in [-0.39, 0.29) is 0 Å². The van der Waals surface area contributed by atoms with Crippen molar-refractivity contribution in [1.82, 2.24) is 0 Å². The molecule has 4 nitrogen and oxygen atoms in total. The second-order valence-corrected chi connectivity index (χ2v) is 15.7. The topological polar surface area (TPSA) is 32.8 Å². The summed E-state index contributed by atoms with van der Waals surface area (Å²) in [6.45, 7) is 8.59. The number of rotatable bonds is 6. The Hall–Kier alpha value is -7.30. The van der Waals surface area contributed by atoms with Crippen LogP contribution < -0.4 is 9.80 Å². The molecule has 11 aromatic rings. The Balaban J connectivity index is 1.05. The molecule has 278 valence electrons. The van der Waals surface area contributed by atoms with E-state index in [4.69, 9.17) is 8.83 Å². The number of fused-ring (bicyclic) bond motifs is 9. The predicted octanol–water partition coefficient (Wildman–Crippen LogP) is 16.0. The van der Waals surface area contributed by atoms with Crippen molar-refractivity contribution in [2.75, 3.05) is 9.80 Å². The second kappa shape index (κ2) is 13.1. The molecular weight excluding hydrogens is 709 g/mol. The van der Waals surface area contributed by atoms with Crippen LogP contribution in [0.4, 0.5) is 34.1 Å². The Morgan fingerprint density at radius 3 is 1.14 bits per heavy atom. The molecule has 0 radical (unpaired) electrons. The first-order chi connectivity index (χ1) is 28.4. The van der Waals surface area contributed by atoms with Gasteiger partial charge in [-0.15, -0.1) is 0 Å². The number of para-hydroxylation sites is 2. The van der Waals surface area contributed by atoms with Crippen molar-refractivity contribution in [3.8, 4) is 0 Å². The molecule has 0 saturated heterocycles. The minimum atomic E-state index is 0.851. The standard InChI is InChI=1S/C54H40N2O2/c1-33-13-19-41(20-14-33)55(47-11-7-5-9-35(47)3)43-23-17-37-29-45-51(31-39(37)27-43)57-49-25-26-50-54(53(45)49)46-30-38-18-24-44(28-40(38)32-52(46)58-50)56(42-21-15-34(2)16-22-42)48-12-8-6-10-36(48)4/h5-32H,1-4H3. The van der Waals surface area contributed by atoms with Crippen LogP contribution in [0, 0.1) is 27.7 Å². The molecule has 0 aliphatic rings. The van der Waals surface area contributed by atoms with Gasteiger partial charge in [0, 0.05) is 55.7 Å². The van der Waals surface area contributed by atoms with E-state index in [0.717, 1.165) is 99.5 Å². The Kier molecular flexibility index (Phi) is 7.70. The first-order valence-corrected chi connectivity index (χ1v) is 19.9. The van der Waals surface area contributed by atoms with Gasteiger partial charge in [-0.2, -0.15) is 0 Å². The molecule has 4 heteroatoms. The highest BCUT2D eigenvalue weighted by molar-refractivity contribution is 6.27. The lowest BCUT2D eigenvalue weighted by Gasteiger charge is -2.27. The molecule has 2 heterocycles. The van der Waals surface area contributed by atoms with E-state index in [1.165, 1.54) is 22.3 Å². The summed E-state index contributed by atoms with van der Waals surface area (Å²) in [5.74, 6) is 0. The molecule has 0 bridgehead atoms. The van der Waals surface area contributed by atoms with Crippen LogP contribution in [0.5, 0.6) is 0 Å². The smallest absolute Gasteiger partial charge is 0.136 e. The zero-order chi connectivity index (χ0) is 39.1. The van der Waals surface area contributed by atoms with Crippen LogP contribution in [-0.2, 0) is 0 Å². The van der Waals surface area contributed by atoms with Gasteiger partial charge in [0.2, 0.25) is 0 Å². The van der Waals surface area contributed by atoms with Crippen LogP contribution in [0.3, 0.4) is 0 Å². The Morgan fingerprint density at radius 1 is 0.328 bits per heavy atom. The maximum absolute atomic E-state index is 6.66. The van der Waals surface area contributed by atoms with Crippen LogP contribution >= 0.6 is 0 Å². The van der Waals surface area contributed by atoms with Gasteiger partial charge in [0.15, 0.2) is 0 Å². The third kappa shape index (κ3) is 5.52. The van der Waals surface area contributed by atoms with Gasteiger partial charge >= 0.3 is 0 Å². The average Bonchev–Trinajstić information content (AvgIpc) is 3.78. The van der Waals surface area contributed by atoms with Crippen LogP contribution in [0.25, 0.3) is 65.4 Å². The first kappa shape index (κ1) is 34.0. The van der Waals surface area contributed by atoms with E-state index in [1.54, 1.807) is 0 Å². The van der Waals surface area contributed by atoms with Crippen LogP contribution in [0.1, 0.15) is 22.3 Å². The van der Waals surface area contributed by atoms with Crippen LogP contribution in [0.2, 0.25) is 0 Å². The molecule has 0 unspecified atom stereocenters. The predicted molar refractivity (Wildman–Crippen MR) is 244 cm³/mol. The highest BCUT2D eigenvalue weighted by Gasteiger charge is 2.21. The maximum atomic E-state index is 6.66. The Morgan fingerprint density at radius 2 is 0.724 bits per heavy atom. The minimum absolute atomic E-state index is 0.851. The van der Waals surface area contributed by atoms with E-state index in [9.17, 15) is 0 Å². The van der Waals surface area contributed by atoms with Crippen molar-refractivity contribution in [2.45, 2.75) is 27.7 Å². The average molecular weight is 749 g/mol. The highest BCUT2D eigenvalue weighted by Crippen LogP contribution is 2.45. The number of furan rings is 2. The first-order valence-electron chi connectivity index (χ1n) is 19.9. The summed E-state index contributed by atoms with van der Waals surface area (Å²) in [5, 5.41) is 8.88. The zero-order valence-corrected chi connectivity index (χ0v) is 32.9. The minimum Gasteiger partial charge on any atom is -0.456 e. The van der Waals surface area contributed by atoms with E-state index in [1.807, 2.05) is 12.1 Å². The van der Waals surface area contributed by atoms with Crippen molar-refractivity contribution < 1.29 is 8.83 Å². The molecule has 58 heavy (non-hydrogen) atoms. The fourth-order valence-electron chi connectivity index (χ4n) is 8.74. The van der Waals surface area contributed by atoms with Crippen molar-refractivity contribution in [1.29, 1.82) is 0 Å². The summed E-state index contributed by atoms with van der Waals surface area (Å²) in [6.07, 6.45) is 0. The van der Waals surface area contributed by atoms with Crippen molar-refractivity contribution >= 4 is 99.5 Å². The van der Waals surface area contributed by atoms with Gasteiger partial charge in [-0.1, -0.05) is 83.9 Å². The molecule has 0 atom stereocenters. The number of anilines is 6. The SMILES string of the molecule is Cc1ccc(N(c2ccc3cc4c(cc3c2)oc2ccc3oc5cc6cc(N(c7ccc(C)cc7)c7ccccc7C)ccc6cc5c3c24)c2ccccc2C)cc1. The van der Waals surface area contributed by atoms with E-state index < -0.39 is 0 Å². The molecule has 9 aromatic carbocycles. The van der Waals surface area contributed by atoms with Crippen molar-refractivity contribution in [3.63, 3.8) is 0 Å². The van der Waals surface area contributed by atoms with Gasteiger partial charge in [0.05, 0.1) is 0 Å². The number of hydrogen-bond donors (Lipinski definition) is 0. The molecule has 0 amide bonds. The third-order valence-electron chi connectivity index (χ3n) is 11.8. The number of benzene rings is 9. The van der Waals surface area contributed by atoms with Crippen molar-refractivity contribution in [3.05, 3.63) is 192 Å². The fraction of sp³-hybridized carbons (Fsp3) is 0.0741. The summed E-state index contributed by atoms with van der Waals surface area (Å²) in [7, 11) is 0. The number of hydrogen-bond acceptors (Lipinski definition) is 4.